The molecule has 1 aromatic heterocycles. The minimum absolute atomic E-state index is 0.0452. The Bertz CT molecular complexity index is 947. The fourth-order valence-electron chi connectivity index (χ4n) is 2.91. The summed E-state index contributed by atoms with van der Waals surface area (Å²) < 4.78 is 28.4. The maximum atomic E-state index is 12.3. The van der Waals surface area contributed by atoms with E-state index >= 15 is 0 Å². The van der Waals surface area contributed by atoms with Crippen molar-refractivity contribution in [1.29, 1.82) is 0 Å². The minimum atomic E-state index is -3.07. The summed E-state index contributed by atoms with van der Waals surface area (Å²) >= 11 is 0. The van der Waals surface area contributed by atoms with E-state index in [2.05, 4.69) is 10.3 Å². The van der Waals surface area contributed by atoms with Crippen molar-refractivity contribution in [1.82, 2.24) is 15.2 Å². The molecule has 0 bridgehead atoms. The van der Waals surface area contributed by atoms with Crippen molar-refractivity contribution in [2.45, 2.75) is 19.4 Å². The zero-order valence-corrected chi connectivity index (χ0v) is 15.7. The number of aromatic nitrogens is 1. The average molecular weight is 391 g/mol. The number of hydrogen-bond acceptors (Lipinski definition) is 6. The van der Waals surface area contributed by atoms with Crippen molar-refractivity contribution >= 4 is 38.8 Å². The lowest BCUT2D eigenvalue weighted by atomic mass is 10.2. The molecule has 1 N–H and O–H groups in total. The third-order valence-corrected chi connectivity index (χ3v) is 6.07. The zero-order valence-electron chi connectivity index (χ0n) is 14.9. The Morgan fingerprint density at radius 3 is 2.81 bits per heavy atom. The normalized spacial score (nSPS) is 18.8. The van der Waals surface area contributed by atoms with Crippen LogP contribution in [0.5, 0.6) is 0 Å². The van der Waals surface area contributed by atoms with E-state index in [1.54, 1.807) is 13.0 Å². The van der Waals surface area contributed by atoms with Crippen LogP contribution in [0.15, 0.2) is 34.8 Å². The highest BCUT2D eigenvalue weighted by atomic mass is 32.2. The fraction of sp³-hybridized carbons (Fsp3) is 0.389. The third-order valence-electron chi connectivity index (χ3n) is 4.30. The summed E-state index contributed by atoms with van der Waals surface area (Å²) in [6.45, 7) is 1.97. The first-order valence-corrected chi connectivity index (χ1v) is 10.5. The van der Waals surface area contributed by atoms with Crippen LogP contribution in [0.2, 0.25) is 0 Å². The monoisotopic (exact) mass is 391 g/mol. The molecular formula is C18H21N3O5S. The Morgan fingerprint density at radius 1 is 1.37 bits per heavy atom. The molecule has 27 heavy (non-hydrogen) atoms. The molecule has 0 aliphatic carbocycles. The van der Waals surface area contributed by atoms with Gasteiger partial charge in [-0.15, -0.1) is 0 Å². The number of carbonyl (C=O) groups is 2. The molecule has 1 fully saturated rings. The summed E-state index contributed by atoms with van der Waals surface area (Å²) in [5.41, 5.74) is 1.32. The van der Waals surface area contributed by atoms with Gasteiger partial charge in [0.05, 0.1) is 18.1 Å². The zero-order chi connectivity index (χ0) is 19.4. The molecule has 2 heterocycles. The van der Waals surface area contributed by atoms with Gasteiger partial charge < -0.3 is 14.6 Å². The maximum Gasteiger partial charge on any atom is 0.247 e. The van der Waals surface area contributed by atoms with Crippen LogP contribution in [0.3, 0.4) is 0 Å². The van der Waals surface area contributed by atoms with E-state index in [-0.39, 0.29) is 35.9 Å². The van der Waals surface area contributed by atoms with Gasteiger partial charge in [0.25, 0.3) is 0 Å². The largest absolute Gasteiger partial charge is 0.437 e. The Labute approximate surface area is 157 Å². The van der Waals surface area contributed by atoms with Crippen molar-refractivity contribution < 1.29 is 22.4 Å². The minimum Gasteiger partial charge on any atom is -0.437 e. The summed E-state index contributed by atoms with van der Waals surface area (Å²) in [5.74, 6) is -0.379. The quantitative estimate of drug-likeness (QED) is 0.736. The van der Waals surface area contributed by atoms with Gasteiger partial charge in [-0.05, 0) is 25.5 Å². The number of oxazole rings is 1. The number of rotatable bonds is 6. The van der Waals surface area contributed by atoms with Gasteiger partial charge in [0.2, 0.25) is 17.7 Å². The Balaban J connectivity index is 1.57. The summed E-state index contributed by atoms with van der Waals surface area (Å²) in [7, 11) is -3.07. The molecule has 0 saturated carbocycles. The Hall–Kier alpha value is -2.68. The smallest absolute Gasteiger partial charge is 0.247 e. The molecule has 2 aromatic rings. The lowest BCUT2D eigenvalue weighted by Gasteiger charge is -2.20. The second-order valence-electron chi connectivity index (χ2n) is 6.37. The number of para-hydroxylation sites is 2. The van der Waals surface area contributed by atoms with Gasteiger partial charge in [0.15, 0.2) is 15.4 Å². The molecule has 1 aliphatic heterocycles. The number of likely N-dealkylation sites (N-methyl/N-ethyl adjacent to an activating group) is 1. The van der Waals surface area contributed by atoms with Crippen LogP contribution in [0, 0.1) is 0 Å². The van der Waals surface area contributed by atoms with E-state index in [4.69, 9.17) is 4.42 Å². The van der Waals surface area contributed by atoms with E-state index in [1.165, 1.54) is 17.1 Å². The molecule has 0 spiro atoms. The molecule has 1 saturated heterocycles. The van der Waals surface area contributed by atoms with Gasteiger partial charge in [0, 0.05) is 24.7 Å². The third kappa shape index (κ3) is 4.94. The van der Waals surface area contributed by atoms with E-state index in [0.29, 0.717) is 30.0 Å². The first kappa shape index (κ1) is 19.1. The summed E-state index contributed by atoms with van der Waals surface area (Å²) in [4.78, 5) is 30.1. The van der Waals surface area contributed by atoms with Crippen LogP contribution in [0.1, 0.15) is 19.2 Å². The number of fused-ring (bicyclic) bond motifs is 1. The van der Waals surface area contributed by atoms with Gasteiger partial charge in [-0.25, -0.2) is 13.4 Å². The highest BCUT2D eigenvalue weighted by Crippen LogP contribution is 2.15. The summed E-state index contributed by atoms with van der Waals surface area (Å²) in [6, 6.07) is 6.89. The molecule has 9 heteroatoms. The number of sulfone groups is 1. The van der Waals surface area contributed by atoms with Gasteiger partial charge in [-0.3, -0.25) is 9.59 Å². The van der Waals surface area contributed by atoms with Crippen LogP contribution >= 0.6 is 0 Å². The molecule has 8 nitrogen and oxygen atoms in total. The number of hydrogen-bond donors (Lipinski definition) is 1. The lowest BCUT2D eigenvalue weighted by Crippen LogP contribution is -2.44. The van der Waals surface area contributed by atoms with Crippen LogP contribution < -0.4 is 5.32 Å². The van der Waals surface area contributed by atoms with Gasteiger partial charge in [-0.1, -0.05) is 12.1 Å². The highest BCUT2D eigenvalue weighted by Gasteiger charge is 2.29. The van der Waals surface area contributed by atoms with Crippen molar-refractivity contribution in [3.05, 3.63) is 36.2 Å². The first-order chi connectivity index (χ1) is 12.9. The second-order valence-corrected chi connectivity index (χ2v) is 8.60. The van der Waals surface area contributed by atoms with Crippen LogP contribution in [0.4, 0.5) is 0 Å². The van der Waals surface area contributed by atoms with Gasteiger partial charge in [0.1, 0.15) is 5.52 Å². The van der Waals surface area contributed by atoms with Crippen LogP contribution in [-0.4, -0.2) is 60.8 Å². The van der Waals surface area contributed by atoms with Crippen LogP contribution in [-0.2, 0) is 19.4 Å². The van der Waals surface area contributed by atoms with E-state index < -0.39 is 9.84 Å². The molecule has 1 aliphatic rings. The van der Waals surface area contributed by atoms with Crippen LogP contribution in [0.25, 0.3) is 17.2 Å². The number of benzene rings is 1. The number of carbonyl (C=O) groups excluding carboxylic acids is 2. The summed E-state index contributed by atoms with van der Waals surface area (Å²) in [6.07, 6.45) is 3.18. The molecule has 2 amide bonds. The summed E-state index contributed by atoms with van der Waals surface area (Å²) in [5, 5.41) is 2.68. The highest BCUT2D eigenvalue weighted by molar-refractivity contribution is 7.91. The number of nitrogens with one attached hydrogen (secondary N) is 1. The Kier molecular flexibility index (Phi) is 5.59. The molecule has 144 valence electrons. The first-order valence-electron chi connectivity index (χ1n) is 8.68. The Morgan fingerprint density at radius 2 is 2.15 bits per heavy atom. The SMILES string of the molecule is CCN(CC(=O)N[C@H]1CCS(=O)(=O)C1)C(=O)/C=C/c1nc2ccccc2o1. The average Bonchev–Trinajstić information content (AvgIpc) is 3.19. The molecule has 0 radical (unpaired) electrons. The molecule has 1 atom stereocenters. The van der Waals surface area contributed by atoms with Gasteiger partial charge in [-0.2, -0.15) is 0 Å². The van der Waals surface area contributed by atoms with Crippen molar-refractivity contribution in [2.75, 3.05) is 24.6 Å². The molecular weight excluding hydrogens is 370 g/mol. The van der Waals surface area contributed by atoms with Crippen molar-refractivity contribution in [3.63, 3.8) is 0 Å². The van der Waals surface area contributed by atoms with E-state index in [1.807, 2.05) is 18.2 Å². The topological polar surface area (TPSA) is 110 Å². The predicted octanol–water partition coefficient (Wildman–Crippen LogP) is 0.993. The number of amides is 2. The van der Waals surface area contributed by atoms with Crippen molar-refractivity contribution in [3.8, 4) is 0 Å². The second kappa shape index (κ2) is 7.91. The number of nitrogens with zero attached hydrogens (tertiary/aromatic N) is 2. The van der Waals surface area contributed by atoms with E-state index in [9.17, 15) is 18.0 Å². The predicted molar refractivity (Wildman–Crippen MR) is 100 cm³/mol. The fourth-order valence-corrected chi connectivity index (χ4v) is 4.58. The molecule has 3 rings (SSSR count). The molecule has 1 aromatic carbocycles. The maximum absolute atomic E-state index is 12.3. The standard InChI is InChI=1S/C18H21N3O5S/c1-2-21(11-16(22)19-13-9-10-27(24,25)12-13)18(23)8-7-17-20-14-5-3-4-6-15(14)26-17/h3-8,13H,2,9-12H2,1H3,(H,19,22)/b8-7+/t13-/m0/s1. The lowest BCUT2D eigenvalue weighted by molar-refractivity contribution is -0.132. The van der Waals surface area contributed by atoms with Crippen molar-refractivity contribution in [2.24, 2.45) is 0 Å². The van der Waals surface area contributed by atoms with E-state index in [0.717, 1.165) is 0 Å². The molecule has 0 unspecified atom stereocenters. The van der Waals surface area contributed by atoms with Gasteiger partial charge >= 0.3 is 0 Å².